The van der Waals surface area contributed by atoms with E-state index in [1.165, 1.54) is 29.9 Å². The van der Waals surface area contributed by atoms with Gasteiger partial charge in [-0.25, -0.2) is 4.39 Å². The van der Waals surface area contributed by atoms with Crippen LogP contribution in [0.4, 0.5) is 4.39 Å². The second kappa shape index (κ2) is 8.24. The van der Waals surface area contributed by atoms with Gasteiger partial charge in [0.1, 0.15) is 18.1 Å². The molecule has 1 saturated carbocycles. The molecule has 1 fully saturated rings. The van der Waals surface area contributed by atoms with Gasteiger partial charge >= 0.3 is 0 Å². The van der Waals surface area contributed by atoms with Crippen molar-refractivity contribution in [3.8, 4) is 17.2 Å². The van der Waals surface area contributed by atoms with Crippen LogP contribution in [-0.2, 0) is 13.2 Å². The van der Waals surface area contributed by atoms with Crippen LogP contribution in [0.25, 0.3) is 11.5 Å². The molecule has 0 aliphatic heterocycles. The molecular weight excluding hydrogens is 377 g/mol. The number of benzene rings is 2. The fraction of sp³-hybridized carbons (Fsp3) is 0.333. The van der Waals surface area contributed by atoms with Gasteiger partial charge in [-0.05, 0) is 43.4 Å². The van der Waals surface area contributed by atoms with Crippen molar-refractivity contribution in [2.75, 3.05) is 6.61 Å². The van der Waals surface area contributed by atoms with E-state index in [0.29, 0.717) is 30.0 Å². The van der Waals surface area contributed by atoms with Gasteiger partial charge in [-0.1, -0.05) is 24.3 Å². The monoisotopic (exact) mass is 400 g/mol. The van der Waals surface area contributed by atoms with Gasteiger partial charge in [-0.3, -0.25) is 0 Å². The van der Waals surface area contributed by atoms with E-state index in [2.05, 4.69) is 5.10 Å². The molecule has 2 aromatic carbocycles. The number of hydrogen-bond donors (Lipinski definition) is 1. The van der Waals surface area contributed by atoms with E-state index < -0.39 is 0 Å². The van der Waals surface area contributed by atoms with Crippen molar-refractivity contribution in [3.05, 3.63) is 64.7 Å². The van der Waals surface area contributed by atoms with Crippen molar-refractivity contribution in [2.24, 2.45) is 0 Å². The topological polar surface area (TPSA) is 44.6 Å². The molecule has 4 rings (SSSR count). The first-order valence-corrected chi connectivity index (χ1v) is 9.94. The lowest BCUT2D eigenvalue weighted by atomic mass is 10.2. The molecule has 1 aliphatic rings. The molecule has 0 spiro atoms. The Hall–Kier alpha value is -2.51. The molecule has 1 heterocycles. The summed E-state index contributed by atoms with van der Waals surface area (Å²) < 4.78 is 26.4. The minimum atomic E-state index is -0.215. The Labute approximate surface area is 168 Å². The second-order valence-electron chi connectivity index (χ2n) is 7.00. The van der Waals surface area contributed by atoms with Crippen molar-refractivity contribution in [1.82, 2.24) is 9.78 Å². The zero-order valence-electron chi connectivity index (χ0n) is 15.7. The maximum Gasteiger partial charge on any atom is 0.292 e. The van der Waals surface area contributed by atoms with Gasteiger partial charge in [0.2, 0.25) is 0 Å². The summed E-state index contributed by atoms with van der Waals surface area (Å²) in [6.07, 6.45) is 2.36. The summed E-state index contributed by atoms with van der Waals surface area (Å²) in [7, 11) is 0. The summed E-state index contributed by atoms with van der Waals surface area (Å²) in [6.45, 7) is 3.92. The third-order valence-corrected chi connectivity index (χ3v) is 5.17. The molecule has 146 valence electrons. The average molecular weight is 400 g/mol. The normalized spacial score (nSPS) is 14.8. The smallest absolute Gasteiger partial charge is 0.292 e. The first kappa shape index (κ1) is 18.8. The van der Waals surface area contributed by atoms with Gasteiger partial charge in [0.25, 0.3) is 10.7 Å². The minimum absolute atomic E-state index is 0.215. The molecule has 0 radical (unpaired) electrons. The highest BCUT2D eigenvalue weighted by molar-refractivity contribution is 7.71. The van der Waals surface area contributed by atoms with E-state index in [-0.39, 0.29) is 5.82 Å². The van der Waals surface area contributed by atoms with Crippen LogP contribution in [0.2, 0.25) is 0 Å². The minimum Gasteiger partial charge on any atom is -0.493 e. The number of quaternary nitrogens is 1. The van der Waals surface area contributed by atoms with Gasteiger partial charge < -0.3 is 14.1 Å². The van der Waals surface area contributed by atoms with Crippen molar-refractivity contribution in [1.29, 1.82) is 0 Å². The lowest BCUT2D eigenvalue weighted by Crippen LogP contribution is -3.11. The lowest BCUT2D eigenvalue weighted by Gasteiger charge is -2.18. The molecule has 1 N–H and O–H groups in total. The largest absolute Gasteiger partial charge is 0.493 e. The molecular formula is C21H23FN3O2S+. The fourth-order valence-electron chi connectivity index (χ4n) is 3.32. The van der Waals surface area contributed by atoms with Gasteiger partial charge in [-0.2, -0.15) is 4.68 Å². The summed E-state index contributed by atoms with van der Waals surface area (Å²) in [5, 5.41) is 4.61. The van der Waals surface area contributed by atoms with Crippen LogP contribution in [0.15, 0.2) is 52.9 Å². The molecule has 7 heteroatoms. The fourth-order valence-corrected chi connectivity index (χ4v) is 3.50. The second-order valence-corrected chi connectivity index (χ2v) is 7.34. The Kier molecular flexibility index (Phi) is 5.54. The molecule has 28 heavy (non-hydrogen) atoms. The third kappa shape index (κ3) is 4.31. The summed E-state index contributed by atoms with van der Waals surface area (Å²) in [6, 6.07) is 14.9. The van der Waals surface area contributed by atoms with Crippen LogP contribution in [-0.4, -0.2) is 22.4 Å². The maximum absolute atomic E-state index is 13.2. The number of nitrogens with one attached hydrogen (secondary N) is 1. The van der Waals surface area contributed by atoms with Gasteiger partial charge in [-0.15, -0.1) is 5.10 Å². The Balaban J connectivity index is 1.56. The summed E-state index contributed by atoms with van der Waals surface area (Å²) in [5.41, 5.74) is 1.89. The SMILES string of the molecule is CCOc1ccccc1-c1nn(C[NH+](Cc2ccc(F)cc2)C2CC2)c(=S)o1. The van der Waals surface area contributed by atoms with E-state index in [0.717, 1.165) is 23.4 Å². The number of nitrogens with zero attached hydrogens (tertiary/aromatic N) is 2. The maximum atomic E-state index is 13.2. The Morgan fingerprint density at radius 1 is 1.21 bits per heavy atom. The van der Waals surface area contributed by atoms with Crippen LogP contribution in [0.5, 0.6) is 5.75 Å². The van der Waals surface area contributed by atoms with E-state index in [4.69, 9.17) is 21.4 Å². The first-order valence-electron chi connectivity index (χ1n) is 9.53. The van der Waals surface area contributed by atoms with E-state index in [1.54, 1.807) is 4.68 Å². The lowest BCUT2D eigenvalue weighted by molar-refractivity contribution is -0.947. The zero-order chi connectivity index (χ0) is 19.5. The van der Waals surface area contributed by atoms with Crippen LogP contribution < -0.4 is 9.64 Å². The molecule has 0 saturated heterocycles. The van der Waals surface area contributed by atoms with Crippen LogP contribution in [0.3, 0.4) is 0 Å². The van der Waals surface area contributed by atoms with Crippen molar-refractivity contribution in [3.63, 3.8) is 0 Å². The molecule has 1 atom stereocenters. The summed E-state index contributed by atoms with van der Waals surface area (Å²) in [4.78, 5) is 1.69. The number of hydrogen-bond acceptors (Lipinski definition) is 4. The highest BCUT2D eigenvalue weighted by atomic mass is 32.1. The number of halogens is 1. The zero-order valence-corrected chi connectivity index (χ0v) is 16.5. The first-order chi connectivity index (χ1) is 13.6. The molecule has 3 aromatic rings. The molecule has 0 amide bonds. The van der Waals surface area contributed by atoms with Crippen molar-refractivity contribution >= 4 is 12.2 Å². The molecule has 1 aliphatic carbocycles. The number of ether oxygens (including phenoxy) is 1. The Morgan fingerprint density at radius 3 is 2.68 bits per heavy atom. The summed E-state index contributed by atoms with van der Waals surface area (Å²) in [5.74, 6) is 0.977. The predicted molar refractivity (Wildman–Crippen MR) is 106 cm³/mol. The van der Waals surface area contributed by atoms with Crippen LogP contribution in [0.1, 0.15) is 25.3 Å². The van der Waals surface area contributed by atoms with Crippen molar-refractivity contribution in [2.45, 2.75) is 39.0 Å². The van der Waals surface area contributed by atoms with Gasteiger partial charge in [0.15, 0.2) is 6.67 Å². The number of aromatic nitrogens is 2. The van der Waals surface area contributed by atoms with Crippen LogP contribution >= 0.6 is 12.2 Å². The molecule has 5 nitrogen and oxygen atoms in total. The molecule has 1 aromatic heterocycles. The molecule has 1 unspecified atom stereocenters. The Morgan fingerprint density at radius 2 is 1.96 bits per heavy atom. The summed E-state index contributed by atoms with van der Waals surface area (Å²) >= 11 is 5.42. The van der Waals surface area contributed by atoms with Gasteiger partial charge in [0.05, 0.1) is 18.2 Å². The highest BCUT2D eigenvalue weighted by Gasteiger charge is 2.34. The molecule has 0 bridgehead atoms. The average Bonchev–Trinajstić information content (AvgIpc) is 3.48. The highest BCUT2D eigenvalue weighted by Crippen LogP contribution is 2.28. The predicted octanol–water partition coefficient (Wildman–Crippen LogP) is 3.62. The Bertz CT molecular complexity index is 995. The van der Waals surface area contributed by atoms with Crippen molar-refractivity contribution < 1.29 is 18.4 Å². The van der Waals surface area contributed by atoms with E-state index in [9.17, 15) is 4.39 Å². The number of rotatable bonds is 8. The van der Waals surface area contributed by atoms with E-state index in [1.807, 2.05) is 43.3 Å². The van der Waals surface area contributed by atoms with Gasteiger partial charge in [0, 0.05) is 18.4 Å². The van der Waals surface area contributed by atoms with Crippen LogP contribution in [0, 0.1) is 10.7 Å². The number of para-hydroxylation sites is 1. The standard InChI is InChI=1S/C21H22FN3O2S/c1-2-26-19-6-4-3-5-18(19)20-23-25(21(28)27-20)14-24(17-11-12-17)13-15-7-9-16(22)10-8-15/h3-10,17H,2,11-14H2,1H3/p+1. The van der Waals surface area contributed by atoms with E-state index >= 15 is 0 Å². The quantitative estimate of drug-likeness (QED) is 0.587. The third-order valence-electron chi connectivity index (χ3n) is 4.88.